The number of pyridine rings is 1. The summed E-state index contributed by atoms with van der Waals surface area (Å²) in [5.41, 5.74) is 5.87. The molecule has 1 heterocycles. The molecule has 0 atom stereocenters. The summed E-state index contributed by atoms with van der Waals surface area (Å²) in [6.45, 7) is 3.78. The Bertz CT molecular complexity index is 356. The average Bonchev–Trinajstić information content (AvgIpc) is 1.96. The molecule has 64 valence electrons. The van der Waals surface area contributed by atoms with Crippen molar-refractivity contribution >= 4 is 17.3 Å². The maximum Gasteiger partial charge on any atom is 0.250 e. The predicted molar refractivity (Wildman–Crippen MR) is 50.1 cm³/mol. The highest BCUT2D eigenvalue weighted by atomic mass is 35.5. The average molecular weight is 185 g/mol. The lowest BCUT2D eigenvalue weighted by Gasteiger charge is -2.03. The van der Waals surface area contributed by atoms with Gasteiger partial charge in [0.2, 0.25) is 0 Å². The number of nitrogens with two attached hydrogens (primary N) is 1. The highest BCUT2D eigenvalue weighted by molar-refractivity contribution is 6.29. The Morgan fingerprint density at radius 3 is 2.92 bits per heavy atom. The lowest BCUT2D eigenvalue weighted by atomic mass is 10.4. The van der Waals surface area contributed by atoms with Gasteiger partial charge in [0.25, 0.3) is 5.56 Å². The molecular formula is C8H9ClN2O. The first-order valence-electron chi connectivity index (χ1n) is 3.39. The Hall–Kier alpha value is -1.22. The molecule has 0 aliphatic carbocycles. The second kappa shape index (κ2) is 3.45. The summed E-state index contributed by atoms with van der Waals surface area (Å²) in [5.74, 6) is 0. The molecule has 0 spiro atoms. The first-order chi connectivity index (χ1) is 5.59. The number of halogens is 1. The number of nitrogen functional groups attached to an aromatic ring is 1. The fraction of sp³-hybridized carbons (Fsp3) is 0.125. The minimum absolute atomic E-state index is 0.133. The number of allylic oxidation sites excluding steroid dienone is 1. The molecule has 3 nitrogen and oxygen atoms in total. The molecule has 2 N–H and O–H groups in total. The molecule has 0 aliphatic heterocycles. The zero-order valence-electron chi connectivity index (χ0n) is 6.46. The zero-order valence-corrected chi connectivity index (χ0v) is 7.21. The Morgan fingerprint density at radius 1 is 1.67 bits per heavy atom. The van der Waals surface area contributed by atoms with Crippen LogP contribution in [0.25, 0.3) is 0 Å². The van der Waals surface area contributed by atoms with E-state index in [9.17, 15) is 4.79 Å². The van der Waals surface area contributed by atoms with Gasteiger partial charge in [-0.15, -0.1) is 0 Å². The van der Waals surface area contributed by atoms with Gasteiger partial charge in [-0.1, -0.05) is 18.2 Å². The molecule has 4 heteroatoms. The van der Waals surface area contributed by atoms with Crippen LogP contribution >= 0.6 is 11.6 Å². The van der Waals surface area contributed by atoms with Crippen molar-refractivity contribution in [2.24, 2.45) is 0 Å². The standard InChI is InChI=1S/C8H9ClN2O/c1-6(9)4-11-5-7(10)2-3-8(11)12/h2-3,5H,1,4,10H2. The van der Waals surface area contributed by atoms with Gasteiger partial charge in [0.05, 0.1) is 6.54 Å². The molecule has 1 aromatic heterocycles. The third-order valence-electron chi connectivity index (χ3n) is 1.35. The van der Waals surface area contributed by atoms with Crippen molar-refractivity contribution in [3.63, 3.8) is 0 Å². The van der Waals surface area contributed by atoms with E-state index in [0.717, 1.165) is 0 Å². The number of anilines is 1. The van der Waals surface area contributed by atoms with Crippen molar-refractivity contribution < 1.29 is 0 Å². The predicted octanol–water partition coefficient (Wildman–Crippen LogP) is 1.18. The minimum Gasteiger partial charge on any atom is -0.398 e. The summed E-state index contributed by atoms with van der Waals surface area (Å²) in [4.78, 5) is 11.1. The quantitative estimate of drug-likeness (QED) is 0.751. The monoisotopic (exact) mass is 184 g/mol. The van der Waals surface area contributed by atoms with Crippen molar-refractivity contribution in [3.05, 3.63) is 40.3 Å². The van der Waals surface area contributed by atoms with E-state index in [1.54, 1.807) is 6.07 Å². The zero-order chi connectivity index (χ0) is 9.14. The van der Waals surface area contributed by atoms with Crippen LogP contribution in [0.4, 0.5) is 5.69 Å². The molecule has 0 fully saturated rings. The lowest BCUT2D eigenvalue weighted by Crippen LogP contribution is -2.18. The van der Waals surface area contributed by atoms with E-state index in [1.807, 2.05) is 0 Å². The van der Waals surface area contributed by atoms with Crippen LogP contribution in [0.1, 0.15) is 0 Å². The summed E-state index contributed by atoms with van der Waals surface area (Å²) in [5, 5.41) is 0.405. The largest absolute Gasteiger partial charge is 0.398 e. The molecule has 0 amide bonds. The van der Waals surface area contributed by atoms with E-state index in [0.29, 0.717) is 17.3 Å². The van der Waals surface area contributed by atoms with Crippen LogP contribution in [0.2, 0.25) is 0 Å². The second-order valence-electron chi connectivity index (χ2n) is 2.45. The number of nitrogens with zero attached hydrogens (tertiary/aromatic N) is 1. The van der Waals surface area contributed by atoms with Crippen molar-refractivity contribution in [1.82, 2.24) is 4.57 Å². The van der Waals surface area contributed by atoms with Gasteiger partial charge in [0, 0.05) is 23.0 Å². The van der Waals surface area contributed by atoms with Gasteiger partial charge in [0.15, 0.2) is 0 Å². The van der Waals surface area contributed by atoms with Crippen molar-refractivity contribution in [1.29, 1.82) is 0 Å². The number of rotatable bonds is 2. The second-order valence-corrected chi connectivity index (χ2v) is 2.98. The fourth-order valence-electron chi connectivity index (χ4n) is 0.858. The third-order valence-corrected chi connectivity index (χ3v) is 1.47. The maximum absolute atomic E-state index is 11.1. The van der Waals surface area contributed by atoms with Gasteiger partial charge in [0.1, 0.15) is 0 Å². The molecular weight excluding hydrogens is 176 g/mol. The third kappa shape index (κ3) is 2.13. The van der Waals surface area contributed by atoms with E-state index in [-0.39, 0.29) is 5.56 Å². The fourth-order valence-corrected chi connectivity index (χ4v) is 0.987. The van der Waals surface area contributed by atoms with Crippen molar-refractivity contribution in [2.45, 2.75) is 6.54 Å². The number of aromatic nitrogens is 1. The van der Waals surface area contributed by atoms with Gasteiger partial charge in [-0.2, -0.15) is 0 Å². The molecule has 0 radical (unpaired) electrons. The van der Waals surface area contributed by atoms with Crippen LogP contribution in [0, 0.1) is 0 Å². The van der Waals surface area contributed by atoms with E-state index in [4.69, 9.17) is 17.3 Å². The van der Waals surface area contributed by atoms with Gasteiger partial charge in [-0.3, -0.25) is 4.79 Å². The molecule has 0 aromatic carbocycles. The molecule has 0 bridgehead atoms. The van der Waals surface area contributed by atoms with Crippen LogP contribution in [0.15, 0.2) is 34.7 Å². The smallest absolute Gasteiger partial charge is 0.250 e. The molecule has 0 aliphatic rings. The van der Waals surface area contributed by atoms with Gasteiger partial charge >= 0.3 is 0 Å². The summed E-state index contributed by atoms with van der Waals surface area (Å²) in [7, 11) is 0. The van der Waals surface area contributed by atoms with E-state index < -0.39 is 0 Å². The van der Waals surface area contributed by atoms with Crippen molar-refractivity contribution in [3.8, 4) is 0 Å². The Balaban J connectivity index is 3.06. The number of hydrogen-bond acceptors (Lipinski definition) is 2. The van der Waals surface area contributed by atoms with E-state index in [1.165, 1.54) is 16.8 Å². The maximum atomic E-state index is 11.1. The molecule has 12 heavy (non-hydrogen) atoms. The van der Waals surface area contributed by atoms with Crippen LogP contribution in [-0.4, -0.2) is 4.57 Å². The van der Waals surface area contributed by atoms with Crippen molar-refractivity contribution in [2.75, 3.05) is 5.73 Å². The Kier molecular flexibility index (Phi) is 2.55. The first-order valence-corrected chi connectivity index (χ1v) is 3.76. The first kappa shape index (κ1) is 8.87. The van der Waals surface area contributed by atoms with E-state index in [2.05, 4.69) is 6.58 Å². The molecule has 0 saturated heterocycles. The van der Waals surface area contributed by atoms with Gasteiger partial charge in [-0.05, 0) is 6.07 Å². The highest BCUT2D eigenvalue weighted by Gasteiger charge is 1.96. The van der Waals surface area contributed by atoms with Crippen LogP contribution in [0.5, 0.6) is 0 Å². The van der Waals surface area contributed by atoms with Gasteiger partial charge in [-0.25, -0.2) is 0 Å². The topological polar surface area (TPSA) is 48.0 Å². The molecule has 0 saturated carbocycles. The van der Waals surface area contributed by atoms with Crippen LogP contribution in [-0.2, 0) is 6.54 Å². The minimum atomic E-state index is -0.133. The molecule has 1 rings (SSSR count). The summed E-state index contributed by atoms with van der Waals surface area (Å²) >= 11 is 5.54. The SMILES string of the molecule is C=C(Cl)Cn1cc(N)ccc1=O. The van der Waals surface area contributed by atoms with Gasteiger partial charge < -0.3 is 10.3 Å². The normalized spacial score (nSPS) is 9.75. The number of hydrogen-bond donors (Lipinski definition) is 1. The van der Waals surface area contributed by atoms with E-state index >= 15 is 0 Å². The molecule has 1 aromatic rings. The highest BCUT2D eigenvalue weighted by Crippen LogP contribution is 2.02. The van der Waals surface area contributed by atoms with Crippen LogP contribution < -0.4 is 11.3 Å². The molecule has 0 unspecified atom stereocenters. The summed E-state index contributed by atoms with van der Waals surface area (Å²) in [6, 6.07) is 2.95. The lowest BCUT2D eigenvalue weighted by molar-refractivity contribution is 0.773. The Morgan fingerprint density at radius 2 is 2.33 bits per heavy atom. The summed E-state index contributed by atoms with van der Waals surface area (Å²) in [6.07, 6.45) is 1.54. The Labute approximate surface area is 75.1 Å². The summed E-state index contributed by atoms with van der Waals surface area (Å²) < 4.78 is 1.41. The van der Waals surface area contributed by atoms with Crippen LogP contribution in [0.3, 0.4) is 0 Å².